The molecule has 1 saturated heterocycles. The predicted molar refractivity (Wildman–Crippen MR) is 106 cm³/mol. The number of carbonyl (C=O) groups excluding carboxylic acids is 1. The minimum atomic E-state index is -0.134. The van der Waals surface area contributed by atoms with Crippen LogP contribution in [-0.2, 0) is 4.74 Å². The topological polar surface area (TPSA) is 72.3 Å². The highest BCUT2D eigenvalue weighted by Gasteiger charge is 2.31. The number of urea groups is 1. The third-order valence-corrected chi connectivity index (χ3v) is 5.01. The predicted octanol–water partition coefficient (Wildman–Crippen LogP) is 3.57. The van der Waals surface area contributed by atoms with Crippen molar-refractivity contribution in [3.63, 3.8) is 0 Å². The largest absolute Gasteiger partial charge is 0.370 e. The smallest absolute Gasteiger partial charge is 0.322 e. The van der Waals surface area contributed by atoms with Crippen LogP contribution in [-0.4, -0.2) is 45.1 Å². The van der Waals surface area contributed by atoms with Gasteiger partial charge in [0.15, 0.2) is 0 Å². The van der Waals surface area contributed by atoms with E-state index in [-0.39, 0.29) is 18.2 Å². The Morgan fingerprint density at radius 1 is 1.21 bits per heavy atom. The average molecular weight is 377 g/mol. The van der Waals surface area contributed by atoms with Crippen LogP contribution in [0.3, 0.4) is 0 Å². The summed E-state index contributed by atoms with van der Waals surface area (Å²) in [6, 6.07) is 15.5. The summed E-state index contributed by atoms with van der Waals surface area (Å²) in [5.41, 5.74) is 3.84. The lowest BCUT2D eigenvalue weighted by atomic mass is 10.0. The zero-order chi connectivity index (χ0) is 19.5. The molecule has 0 saturated carbocycles. The first-order valence-corrected chi connectivity index (χ1v) is 9.33. The van der Waals surface area contributed by atoms with Gasteiger partial charge in [-0.2, -0.15) is 0 Å². The van der Waals surface area contributed by atoms with Crippen molar-refractivity contribution in [1.29, 1.82) is 0 Å². The number of nitrogens with one attached hydrogen (secondary N) is 1. The Hall–Kier alpha value is -3.19. The van der Waals surface area contributed by atoms with Gasteiger partial charge in [0.1, 0.15) is 6.10 Å². The summed E-state index contributed by atoms with van der Waals surface area (Å²) in [6.07, 6.45) is 3.26. The maximum Gasteiger partial charge on any atom is 0.322 e. The van der Waals surface area contributed by atoms with Crippen LogP contribution in [0, 0.1) is 6.92 Å². The first-order valence-electron chi connectivity index (χ1n) is 9.33. The number of aryl methyl sites for hydroxylation is 1. The van der Waals surface area contributed by atoms with Crippen molar-refractivity contribution in [3.05, 3.63) is 72.1 Å². The second-order valence-corrected chi connectivity index (χ2v) is 7.01. The minimum absolute atomic E-state index is 0.00114. The van der Waals surface area contributed by atoms with E-state index in [0.29, 0.717) is 18.8 Å². The molecule has 1 N–H and O–H groups in total. The molecule has 3 aromatic rings. The molecule has 7 heteroatoms. The van der Waals surface area contributed by atoms with Gasteiger partial charge in [0.2, 0.25) is 0 Å². The second-order valence-electron chi connectivity index (χ2n) is 7.01. The number of nitrogens with zero attached hydrogens (tertiary/aromatic N) is 4. The number of anilines is 1. The van der Waals surface area contributed by atoms with Crippen molar-refractivity contribution in [2.75, 3.05) is 18.5 Å². The maximum absolute atomic E-state index is 13.0. The summed E-state index contributed by atoms with van der Waals surface area (Å²) >= 11 is 0. The summed E-state index contributed by atoms with van der Waals surface area (Å²) in [6.45, 7) is 5.09. The summed E-state index contributed by atoms with van der Waals surface area (Å²) in [4.78, 5) is 14.8. The molecule has 2 heterocycles. The number of benzene rings is 2. The lowest BCUT2D eigenvalue weighted by Gasteiger charge is -2.38. The summed E-state index contributed by atoms with van der Waals surface area (Å²) in [7, 11) is 0. The van der Waals surface area contributed by atoms with Crippen LogP contribution in [0.5, 0.6) is 0 Å². The van der Waals surface area contributed by atoms with Crippen molar-refractivity contribution in [2.24, 2.45) is 0 Å². The van der Waals surface area contributed by atoms with E-state index in [1.807, 2.05) is 48.2 Å². The van der Waals surface area contributed by atoms with Gasteiger partial charge in [0, 0.05) is 5.69 Å². The van der Waals surface area contributed by atoms with E-state index < -0.39 is 0 Å². The first kappa shape index (κ1) is 18.2. The molecule has 0 spiro atoms. The van der Waals surface area contributed by atoms with Gasteiger partial charge in [-0.25, -0.2) is 9.48 Å². The molecule has 1 fully saturated rings. The highest BCUT2D eigenvalue weighted by molar-refractivity contribution is 5.90. The Bertz CT molecular complexity index is 957. The molecule has 2 amide bonds. The molecule has 144 valence electrons. The molecule has 4 rings (SSSR count). The van der Waals surface area contributed by atoms with E-state index in [2.05, 4.69) is 34.7 Å². The Kier molecular flexibility index (Phi) is 5.08. The van der Waals surface area contributed by atoms with Crippen LogP contribution in [0.1, 0.15) is 24.2 Å². The van der Waals surface area contributed by atoms with Gasteiger partial charge in [-0.05, 0) is 43.2 Å². The Morgan fingerprint density at radius 3 is 2.86 bits per heavy atom. The molecule has 0 radical (unpaired) electrons. The third kappa shape index (κ3) is 3.75. The molecule has 2 atom stereocenters. The quantitative estimate of drug-likeness (QED) is 0.757. The van der Waals surface area contributed by atoms with Gasteiger partial charge in [-0.1, -0.05) is 35.5 Å². The standard InChI is InChI=1S/C21H23N5O2/c1-15-6-3-4-9-19(15)20-13-25(16(2)14-28-20)21(27)23-17-7-5-8-18(12-17)26-11-10-22-24-26/h3-12,16,20H,13-14H2,1-2H3,(H,23,27)/t16-,20+/m0/s1. The maximum atomic E-state index is 13.0. The first-order chi connectivity index (χ1) is 13.6. The molecule has 0 unspecified atom stereocenters. The molecule has 0 aliphatic carbocycles. The van der Waals surface area contributed by atoms with Crippen molar-refractivity contribution < 1.29 is 9.53 Å². The van der Waals surface area contributed by atoms with E-state index in [1.54, 1.807) is 17.1 Å². The Labute approximate surface area is 163 Å². The lowest BCUT2D eigenvalue weighted by molar-refractivity contribution is -0.0410. The van der Waals surface area contributed by atoms with Crippen LogP contribution in [0.4, 0.5) is 10.5 Å². The number of carbonyl (C=O) groups is 1. The Balaban J connectivity index is 1.49. The normalized spacial score (nSPS) is 19.4. The number of aromatic nitrogens is 3. The number of rotatable bonds is 3. The fourth-order valence-corrected chi connectivity index (χ4v) is 3.44. The SMILES string of the molecule is Cc1ccccc1[C@H]1CN(C(=O)Nc2cccc(-n3ccnn3)c2)[C@@H](C)CO1. The van der Waals surface area contributed by atoms with Crippen molar-refractivity contribution in [1.82, 2.24) is 19.9 Å². The summed E-state index contributed by atoms with van der Waals surface area (Å²) in [5, 5.41) is 10.8. The molecule has 1 aliphatic rings. The van der Waals surface area contributed by atoms with Crippen molar-refractivity contribution >= 4 is 11.7 Å². The number of hydrogen-bond donors (Lipinski definition) is 1. The second kappa shape index (κ2) is 7.82. The minimum Gasteiger partial charge on any atom is -0.370 e. The van der Waals surface area contributed by atoms with Gasteiger partial charge < -0.3 is 15.0 Å². The van der Waals surface area contributed by atoms with Gasteiger partial charge in [-0.3, -0.25) is 0 Å². The number of ether oxygens (including phenoxy) is 1. The zero-order valence-electron chi connectivity index (χ0n) is 15.9. The highest BCUT2D eigenvalue weighted by Crippen LogP contribution is 2.27. The molecule has 1 aromatic heterocycles. The van der Waals surface area contributed by atoms with Crippen LogP contribution < -0.4 is 5.32 Å². The molecule has 2 aromatic carbocycles. The van der Waals surface area contributed by atoms with Crippen molar-refractivity contribution in [3.8, 4) is 5.69 Å². The van der Waals surface area contributed by atoms with E-state index in [9.17, 15) is 4.79 Å². The van der Waals surface area contributed by atoms with Crippen LogP contribution in [0.25, 0.3) is 5.69 Å². The molecule has 0 bridgehead atoms. The van der Waals surface area contributed by atoms with Gasteiger partial charge in [0.05, 0.1) is 37.3 Å². The van der Waals surface area contributed by atoms with Gasteiger partial charge in [-0.15, -0.1) is 5.10 Å². The number of hydrogen-bond acceptors (Lipinski definition) is 4. The monoisotopic (exact) mass is 377 g/mol. The third-order valence-electron chi connectivity index (χ3n) is 5.01. The van der Waals surface area contributed by atoms with E-state index in [4.69, 9.17) is 4.74 Å². The fourth-order valence-electron chi connectivity index (χ4n) is 3.44. The van der Waals surface area contributed by atoms with Crippen LogP contribution in [0.15, 0.2) is 60.9 Å². The zero-order valence-corrected chi connectivity index (χ0v) is 15.9. The molecular weight excluding hydrogens is 354 g/mol. The van der Waals surface area contributed by atoms with Crippen molar-refractivity contribution in [2.45, 2.75) is 26.0 Å². The molecular formula is C21H23N5O2. The van der Waals surface area contributed by atoms with E-state index in [1.165, 1.54) is 5.56 Å². The van der Waals surface area contributed by atoms with Gasteiger partial charge >= 0.3 is 6.03 Å². The van der Waals surface area contributed by atoms with E-state index in [0.717, 1.165) is 11.3 Å². The molecule has 7 nitrogen and oxygen atoms in total. The average Bonchev–Trinajstić information content (AvgIpc) is 3.24. The van der Waals surface area contributed by atoms with Gasteiger partial charge in [0.25, 0.3) is 0 Å². The van der Waals surface area contributed by atoms with E-state index >= 15 is 0 Å². The number of amides is 2. The van der Waals surface area contributed by atoms with Crippen LogP contribution >= 0.6 is 0 Å². The number of morpholine rings is 1. The Morgan fingerprint density at radius 2 is 2.07 bits per heavy atom. The molecule has 1 aliphatic heterocycles. The van der Waals surface area contributed by atoms with Crippen LogP contribution in [0.2, 0.25) is 0 Å². The highest BCUT2D eigenvalue weighted by atomic mass is 16.5. The fraction of sp³-hybridized carbons (Fsp3) is 0.286. The summed E-state index contributed by atoms with van der Waals surface area (Å²) in [5.74, 6) is 0. The summed E-state index contributed by atoms with van der Waals surface area (Å²) < 4.78 is 7.67. The lowest BCUT2D eigenvalue weighted by Crippen LogP contribution is -2.50. The molecule has 28 heavy (non-hydrogen) atoms.